The quantitative estimate of drug-likeness (QED) is 0.570. The lowest BCUT2D eigenvalue weighted by Crippen LogP contribution is -2.65. The molecular formula is C18H25N3O2. The number of amides is 2. The maximum Gasteiger partial charge on any atom is 0.245 e. The Labute approximate surface area is 138 Å². The Hall–Kier alpha value is -2.40. The fourth-order valence-electron chi connectivity index (χ4n) is 2.74. The molecular weight excluding hydrogens is 290 g/mol. The summed E-state index contributed by atoms with van der Waals surface area (Å²) in [7, 11) is 3.81. The standard InChI is InChI=1S/C18H25N3O2/c1-6-15(22)19-18(8-3,20-16(23)7-2)17(21(4)5)14-12-10-9-11-13-14/h6-7,9-13,17H,1-2,8H2,3-5H3,(H,19,22)(H,20,23). The number of benzene rings is 1. The minimum absolute atomic E-state index is 0.263. The van der Waals surface area contributed by atoms with E-state index >= 15 is 0 Å². The number of nitrogens with one attached hydrogen (secondary N) is 2. The Bertz CT molecular complexity index is 545. The van der Waals surface area contributed by atoms with E-state index in [0.717, 1.165) is 5.56 Å². The van der Waals surface area contributed by atoms with Crippen LogP contribution in [0.1, 0.15) is 24.9 Å². The Morgan fingerprint density at radius 3 is 1.96 bits per heavy atom. The van der Waals surface area contributed by atoms with Gasteiger partial charge >= 0.3 is 0 Å². The fourth-order valence-corrected chi connectivity index (χ4v) is 2.74. The van der Waals surface area contributed by atoms with Gasteiger partial charge in [-0.05, 0) is 38.2 Å². The van der Waals surface area contributed by atoms with E-state index < -0.39 is 5.66 Å². The molecule has 1 aromatic carbocycles. The Morgan fingerprint density at radius 1 is 1.13 bits per heavy atom. The number of carbonyl (C=O) groups is 2. The molecule has 0 radical (unpaired) electrons. The van der Waals surface area contributed by atoms with Gasteiger partial charge in [0.15, 0.2) is 0 Å². The van der Waals surface area contributed by atoms with Gasteiger partial charge < -0.3 is 10.6 Å². The van der Waals surface area contributed by atoms with Crippen molar-refractivity contribution in [3.63, 3.8) is 0 Å². The first-order valence-corrected chi connectivity index (χ1v) is 7.50. The van der Waals surface area contributed by atoms with Gasteiger partial charge in [-0.1, -0.05) is 50.4 Å². The summed E-state index contributed by atoms with van der Waals surface area (Å²) in [6.45, 7) is 8.90. The van der Waals surface area contributed by atoms with E-state index in [0.29, 0.717) is 6.42 Å². The van der Waals surface area contributed by atoms with Crippen LogP contribution in [0.15, 0.2) is 55.6 Å². The van der Waals surface area contributed by atoms with Crippen LogP contribution in [0.3, 0.4) is 0 Å². The maximum absolute atomic E-state index is 12.0. The van der Waals surface area contributed by atoms with Crippen molar-refractivity contribution in [2.75, 3.05) is 14.1 Å². The van der Waals surface area contributed by atoms with E-state index in [1.54, 1.807) is 0 Å². The highest BCUT2D eigenvalue weighted by molar-refractivity contribution is 5.90. The minimum Gasteiger partial charge on any atom is -0.328 e. The summed E-state index contributed by atoms with van der Waals surface area (Å²) in [6.07, 6.45) is 2.88. The third kappa shape index (κ3) is 4.53. The molecule has 0 aromatic heterocycles. The first kappa shape index (κ1) is 18.6. The third-order valence-electron chi connectivity index (χ3n) is 3.72. The van der Waals surface area contributed by atoms with Crippen LogP contribution in [0.2, 0.25) is 0 Å². The molecule has 0 spiro atoms. The average molecular weight is 315 g/mol. The zero-order chi connectivity index (χ0) is 17.5. The molecule has 1 aromatic rings. The van der Waals surface area contributed by atoms with E-state index in [4.69, 9.17) is 0 Å². The first-order valence-electron chi connectivity index (χ1n) is 7.50. The van der Waals surface area contributed by atoms with E-state index in [2.05, 4.69) is 23.8 Å². The molecule has 5 heteroatoms. The number of hydrogen-bond acceptors (Lipinski definition) is 3. The Balaban J connectivity index is 3.42. The number of rotatable bonds is 8. The molecule has 0 saturated carbocycles. The minimum atomic E-state index is -0.985. The van der Waals surface area contributed by atoms with Crippen LogP contribution in [0.4, 0.5) is 0 Å². The highest BCUT2D eigenvalue weighted by Crippen LogP contribution is 2.31. The van der Waals surface area contributed by atoms with Crippen LogP contribution in [0.25, 0.3) is 0 Å². The molecule has 5 nitrogen and oxygen atoms in total. The van der Waals surface area contributed by atoms with Crippen LogP contribution in [-0.4, -0.2) is 36.5 Å². The van der Waals surface area contributed by atoms with E-state index in [9.17, 15) is 9.59 Å². The highest BCUT2D eigenvalue weighted by atomic mass is 16.2. The monoisotopic (exact) mass is 315 g/mol. The second-order valence-corrected chi connectivity index (χ2v) is 5.49. The van der Waals surface area contributed by atoms with Crippen LogP contribution in [0, 0.1) is 0 Å². The molecule has 0 heterocycles. The van der Waals surface area contributed by atoms with Crippen LogP contribution in [-0.2, 0) is 9.59 Å². The predicted octanol–water partition coefficient (Wildman–Crippen LogP) is 2.00. The zero-order valence-corrected chi connectivity index (χ0v) is 14.0. The van der Waals surface area contributed by atoms with E-state index in [1.165, 1.54) is 12.2 Å². The Morgan fingerprint density at radius 2 is 1.61 bits per heavy atom. The number of hydrogen-bond donors (Lipinski definition) is 2. The smallest absolute Gasteiger partial charge is 0.245 e. The van der Waals surface area contributed by atoms with Gasteiger partial charge in [0.2, 0.25) is 11.8 Å². The van der Waals surface area contributed by atoms with Gasteiger partial charge in [0.25, 0.3) is 0 Å². The van der Waals surface area contributed by atoms with Gasteiger partial charge in [-0.15, -0.1) is 0 Å². The summed E-state index contributed by atoms with van der Waals surface area (Å²) in [4.78, 5) is 25.9. The number of nitrogens with zero attached hydrogens (tertiary/aromatic N) is 1. The second-order valence-electron chi connectivity index (χ2n) is 5.49. The lowest BCUT2D eigenvalue weighted by Gasteiger charge is -2.44. The molecule has 0 aliphatic rings. The van der Waals surface area contributed by atoms with Gasteiger partial charge in [-0.2, -0.15) is 0 Å². The fraction of sp³-hybridized carbons (Fsp3) is 0.333. The van der Waals surface area contributed by atoms with Gasteiger partial charge in [0.05, 0.1) is 6.04 Å². The van der Waals surface area contributed by atoms with Crippen molar-refractivity contribution in [1.29, 1.82) is 0 Å². The zero-order valence-electron chi connectivity index (χ0n) is 14.0. The second kappa shape index (κ2) is 8.29. The number of likely N-dealkylation sites (N-methyl/N-ethyl adjacent to an activating group) is 1. The van der Waals surface area contributed by atoms with Gasteiger partial charge in [-0.25, -0.2) is 0 Å². The molecule has 1 rings (SSSR count). The van der Waals surface area contributed by atoms with Gasteiger partial charge in [0, 0.05) is 0 Å². The molecule has 0 bridgehead atoms. The van der Waals surface area contributed by atoms with E-state index in [1.807, 2.05) is 56.3 Å². The van der Waals surface area contributed by atoms with Crippen molar-refractivity contribution in [2.24, 2.45) is 0 Å². The third-order valence-corrected chi connectivity index (χ3v) is 3.72. The van der Waals surface area contributed by atoms with Crippen molar-refractivity contribution in [3.8, 4) is 0 Å². The van der Waals surface area contributed by atoms with Crippen LogP contribution in [0.5, 0.6) is 0 Å². The summed E-state index contributed by atoms with van der Waals surface area (Å²) in [6, 6.07) is 9.45. The number of carbonyl (C=O) groups excluding carboxylic acids is 2. The molecule has 23 heavy (non-hydrogen) atoms. The van der Waals surface area contributed by atoms with Crippen molar-refractivity contribution in [2.45, 2.75) is 25.0 Å². The first-order chi connectivity index (χ1) is 10.9. The molecule has 2 amide bonds. The summed E-state index contributed by atoms with van der Waals surface area (Å²) in [5.74, 6) is -0.696. The van der Waals surface area contributed by atoms with Gasteiger partial charge in [0.1, 0.15) is 5.66 Å². The normalized spacial score (nSPS) is 12.3. The molecule has 0 aliphatic heterocycles. The van der Waals surface area contributed by atoms with Crippen molar-refractivity contribution in [1.82, 2.24) is 15.5 Å². The SMILES string of the molecule is C=CC(=O)NC(CC)(NC(=O)C=C)C(c1ccccc1)N(C)C. The van der Waals surface area contributed by atoms with Crippen LogP contribution >= 0.6 is 0 Å². The largest absolute Gasteiger partial charge is 0.328 e. The highest BCUT2D eigenvalue weighted by Gasteiger charge is 2.41. The van der Waals surface area contributed by atoms with Crippen molar-refractivity contribution >= 4 is 11.8 Å². The molecule has 0 saturated heterocycles. The molecule has 1 unspecified atom stereocenters. The molecule has 0 fully saturated rings. The molecule has 2 N–H and O–H groups in total. The van der Waals surface area contributed by atoms with E-state index in [-0.39, 0.29) is 17.9 Å². The molecule has 0 aliphatic carbocycles. The topological polar surface area (TPSA) is 61.4 Å². The predicted molar refractivity (Wildman–Crippen MR) is 92.6 cm³/mol. The Kier molecular flexibility index (Phi) is 6.72. The molecule has 124 valence electrons. The summed E-state index contributed by atoms with van der Waals surface area (Å²) < 4.78 is 0. The maximum atomic E-state index is 12.0. The van der Waals surface area contributed by atoms with Crippen molar-refractivity contribution < 1.29 is 9.59 Å². The summed E-state index contributed by atoms with van der Waals surface area (Å²) in [5.41, 5.74) is -0.00502. The van der Waals surface area contributed by atoms with Crippen LogP contribution < -0.4 is 10.6 Å². The van der Waals surface area contributed by atoms with Crippen molar-refractivity contribution in [3.05, 3.63) is 61.2 Å². The average Bonchev–Trinajstić information content (AvgIpc) is 2.55. The summed E-state index contributed by atoms with van der Waals surface area (Å²) >= 11 is 0. The lowest BCUT2D eigenvalue weighted by atomic mass is 9.89. The summed E-state index contributed by atoms with van der Waals surface area (Å²) in [5, 5.41) is 5.79. The van der Waals surface area contributed by atoms with Gasteiger partial charge in [-0.3, -0.25) is 14.5 Å². The lowest BCUT2D eigenvalue weighted by molar-refractivity contribution is -0.124. The molecule has 1 atom stereocenters.